The maximum Gasteiger partial charge on any atom is 0.195 e. The Morgan fingerprint density at radius 2 is 1.73 bits per heavy atom. The molecule has 0 fully saturated rings. The molecule has 1 heterocycles. The highest BCUT2D eigenvalue weighted by Gasteiger charge is 2.22. The number of aromatic nitrogens is 1. The number of ketones is 1. The number of aliphatic hydroxyl groups is 1. The Balaban J connectivity index is 2.26. The monoisotopic (exact) mass is 293 g/mol. The summed E-state index contributed by atoms with van der Waals surface area (Å²) in [7, 11) is 0. The number of carbonyl (C=O) groups excluding carboxylic acids is 1. The van der Waals surface area contributed by atoms with E-state index in [0.29, 0.717) is 17.5 Å². The second kappa shape index (κ2) is 5.78. The molecule has 0 aliphatic rings. The summed E-state index contributed by atoms with van der Waals surface area (Å²) in [5, 5.41) is 11.2. The predicted octanol–water partition coefficient (Wildman–Crippen LogP) is 4.08. The van der Waals surface area contributed by atoms with Crippen molar-refractivity contribution >= 4 is 16.7 Å². The summed E-state index contributed by atoms with van der Waals surface area (Å²) in [5.41, 5.74) is 3.05. The van der Waals surface area contributed by atoms with Crippen molar-refractivity contribution in [3.05, 3.63) is 71.4 Å². The molecule has 3 aromatic rings. The Bertz CT molecular complexity index is 818. The minimum absolute atomic E-state index is 0.00338. The molecule has 0 bridgehead atoms. The van der Waals surface area contributed by atoms with Gasteiger partial charge in [0.1, 0.15) is 6.23 Å². The Kier molecular flexibility index (Phi) is 3.82. The minimum atomic E-state index is -0.623. The van der Waals surface area contributed by atoms with Crippen molar-refractivity contribution in [2.75, 3.05) is 0 Å². The lowest BCUT2D eigenvalue weighted by atomic mass is 10.0. The Hall–Kier alpha value is -2.39. The lowest BCUT2D eigenvalue weighted by molar-refractivity contribution is 0.100. The Morgan fingerprint density at radius 1 is 1.09 bits per heavy atom. The number of rotatable bonds is 4. The van der Waals surface area contributed by atoms with Crippen molar-refractivity contribution < 1.29 is 9.90 Å². The quantitative estimate of drug-likeness (QED) is 0.736. The third-order valence-corrected chi connectivity index (χ3v) is 4.08. The van der Waals surface area contributed by atoms with Gasteiger partial charge in [-0.3, -0.25) is 4.79 Å². The van der Waals surface area contributed by atoms with Crippen molar-refractivity contribution in [3.8, 4) is 0 Å². The van der Waals surface area contributed by atoms with Gasteiger partial charge >= 0.3 is 0 Å². The van der Waals surface area contributed by atoms with Gasteiger partial charge in [-0.1, -0.05) is 55.5 Å². The van der Waals surface area contributed by atoms with Crippen LogP contribution in [-0.4, -0.2) is 15.5 Å². The summed E-state index contributed by atoms with van der Waals surface area (Å²) in [6.07, 6.45) is -0.0272. The third-order valence-electron chi connectivity index (χ3n) is 4.08. The van der Waals surface area contributed by atoms with Crippen molar-refractivity contribution in [2.24, 2.45) is 0 Å². The van der Waals surface area contributed by atoms with Gasteiger partial charge in [0.2, 0.25) is 0 Å². The molecule has 1 N–H and O–H groups in total. The molecule has 0 radical (unpaired) electrons. The van der Waals surface area contributed by atoms with Crippen LogP contribution in [0.15, 0.2) is 54.6 Å². The Morgan fingerprint density at radius 3 is 2.41 bits per heavy atom. The van der Waals surface area contributed by atoms with Crippen molar-refractivity contribution in [1.82, 2.24) is 4.57 Å². The molecule has 1 aromatic heterocycles. The minimum Gasteiger partial charge on any atom is -0.373 e. The van der Waals surface area contributed by atoms with Crippen LogP contribution in [0, 0.1) is 6.92 Å². The maximum absolute atomic E-state index is 12.9. The molecule has 0 amide bonds. The summed E-state index contributed by atoms with van der Waals surface area (Å²) in [4.78, 5) is 12.9. The van der Waals surface area contributed by atoms with E-state index in [-0.39, 0.29) is 5.78 Å². The average Bonchev–Trinajstić information content (AvgIpc) is 2.86. The fourth-order valence-electron chi connectivity index (χ4n) is 2.98. The second-order valence-electron chi connectivity index (χ2n) is 5.43. The molecule has 2 aromatic carbocycles. The fourth-order valence-corrected chi connectivity index (χ4v) is 2.98. The topological polar surface area (TPSA) is 42.2 Å². The zero-order valence-corrected chi connectivity index (χ0v) is 12.8. The van der Waals surface area contributed by atoms with Gasteiger partial charge in [0.05, 0.1) is 11.1 Å². The van der Waals surface area contributed by atoms with Crippen LogP contribution in [0.4, 0.5) is 0 Å². The van der Waals surface area contributed by atoms with Gasteiger partial charge in [0.25, 0.3) is 0 Å². The molecule has 0 aliphatic heterocycles. The van der Waals surface area contributed by atoms with Gasteiger partial charge in [-0.2, -0.15) is 0 Å². The SMILES string of the molecule is CCC(O)n1c(C)c(C(=O)c2ccccc2)c2ccccc21. The van der Waals surface area contributed by atoms with Crippen LogP contribution in [0.2, 0.25) is 0 Å². The third kappa shape index (κ3) is 2.24. The Labute approximate surface area is 129 Å². The van der Waals surface area contributed by atoms with E-state index in [1.807, 2.05) is 73.0 Å². The number of hydrogen-bond donors (Lipinski definition) is 1. The molecule has 0 saturated heterocycles. The highest BCUT2D eigenvalue weighted by molar-refractivity contribution is 6.17. The lowest BCUT2D eigenvalue weighted by Gasteiger charge is -2.14. The van der Waals surface area contributed by atoms with Gasteiger partial charge in [-0.25, -0.2) is 0 Å². The van der Waals surface area contributed by atoms with E-state index in [9.17, 15) is 9.90 Å². The van der Waals surface area contributed by atoms with Crippen LogP contribution in [-0.2, 0) is 0 Å². The maximum atomic E-state index is 12.9. The van der Waals surface area contributed by atoms with Crippen molar-refractivity contribution in [2.45, 2.75) is 26.5 Å². The first-order valence-corrected chi connectivity index (χ1v) is 7.52. The van der Waals surface area contributed by atoms with E-state index in [4.69, 9.17) is 0 Å². The summed E-state index contributed by atoms with van der Waals surface area (Å²) >= 11 is 0. The lowest BCUT2D eigenvalue weighted by Crippen LogP contribution is -2.10. The number of para-hydroxylation sites is 1. The molecule has 112 valence electrons. The molecular formula is C19H19NO2. The molecule has 3 nitrogen and oxygen atoms in total. The standard InChI is InChI=1S/C19H19NO2/c1-3-17(21)20-13(2)18(15-11-7-8-12-16(15)20)19(22)14-9-5-4-6-10-14/h4-12,17,21H,3H2,1-2H3. The molecule has 3 heteroatoms. The van der Waals surface area contributed by atoms with E-state index in [1.54, 1.807) is 0 Å². The first-order valence-electron chi connectivity index (χ1n) is 7.52. The van der Waals surface area contributed by atoms with E-state index < -0.39 is 6.23 Å². The fraction of sp³-hybridized carbons (Fsp3) is 0.211. The predicted molar refractivity (Wildman–Crippen MR) is 88.1 cm³/mol. The summed E-state index contributed by atoms with van der Waals surface area (Å²) < 4.78 is 1.85. The van der Waals surface area contributed by atoms with Gasteiger partial charge < -0.3 is 9.67 Å². The number of carbonyl (C=O) groups is 1. The highest BCUT2D eigenvalue weighted by atomic mass is 16.3. The highest BCUT2D eigenvalue weighted by Crippen LogP contribution is 2.31. The van der Waals surface area contributed by atoms with Crippen LogP contribution in [0.25, 0.3) is 10.9 Å². The summed E-state index contributed by atoms with van der Waals surface area (Å²) in [6, 6.07) is 17.0. The smallest absolute Gasteiger partial charge is 0.195 e. The number of hydrogen-bond acceptors (Lipinski definition) is 2. The normalized spacial score (nSPS) is 12.5. The van der Waals surface area contributed by atoms with Crippen LogP contribution in [0.1, 0.15) is 41.2 Å². The van der Waals surface area contributed by atoms with Gasteiger partial charge in [0, 0.05) is 16.6 Å². The van der Waals surface area contributed by atoms with Crippen molar-refractivity contribution in [1.29, 1.82) is 0 Å². The second-order valence-corrected chi connectivity index (χ2v) is 5.43. The molecule has 0 saturated carbocycles. The van der Waals surface area contributed by atoms with E-state index in [1.165, 1.54) is 0 Å². The van der Waals surface area contributed by atoms with Gasteiger partial charge in [0.15, 0.2) is 5.78 Å². The first kappa shape index (κ1) is 14.5. The number of nitrogens with zero attached hydrogens (tertiary/aromatic N) is 1. The number of fused-ring (bicyclic) bond motifs is 1. The summed E-state index contributed by atoms with van der Waals surface area (Å²) in [6.45, 7) is 3.83. The summed E-state index contributed by atoms with van der Waals surface area (Å²) in [5.74, 6) is -0.00338. The van der Waals surface area contributed by atoms with E-state index >= 15 is 0 Å². The average molecular weight is 293 g/mol. The number of benzene rings is 2. The van der Waals surface area contributed by atoms with Crippen LogP contribution < -0.4 is 0 Å². The van der Waals surface area contributed by atoms with E-state index in [0.717, 1.165) is 16.6 Å². The molecular weight excluding hydrogens is 274 g/mol. The molecule has 1 atom stereocenters. The largest absolute Gasteiger partial charge is 0.373 e. The van der Waals surface area contributed by atoms with Crippen molar-refractivity contribution in [3.63, 3.8) is 0 Å². The molecule has 0 spiro atoms. The van der Waals surface area contributed by atoms with E-state index in [2.05, 4.69) is 0 Å². The molecule has 22 heavy (non-hydrogen) atoms. The molecule has 1 unspecified atom stereocenters. The van der Waals surface area contributed by atoms with Crippen LogP contribution in [0.3, 0.4) is 0 Å². The zero-order valence-electron chi connectivity index (χ0n) is 12.8. The first-order chi connectivity index (χ1) is 10.6. The number of aliphatic hydroxyl groups excluding tert-OH is 1. The van der Waals surface area contributed by atoms with Gasteiger partial charge in [-0.15, -0.1) is 0 Å². The molecule has 3 rings (SSSR count). The molecule has 0 aliphatic carbocycles. The van der Waals surface area contributed by atoms with Gasteiger partial charge in [-0.05, 0) is 19.4 Å². The van der Waals surface area contributed by atoms with Crippen LogP contribution >= 0.6 is 0 Å². The van der Waals surface area contributed by atoms with Crippen LogP contribution in [0.5, 0.6) is 0 Å². The zero-order chi connectivity index (χ0) is 15.7.